The van der Waals surface area contributed by atoms with E-state index in [9.17, 15) is 13.2 Å². The Morgan fingerprint density at radius 1 is 1.06 bits per heavy atom. The molecule has 1 saturated heterocycles. The lowest BCUT2D eigenvalue weighted by Gasteiger charge is -2.26. The first-order chi connectivity index (χ1) is 16.4. The number of aromatic nitrogens is 2. The van der Waals surface area contributed by atoms with E-state index in [-0.39, 0.29) is 10.8 Å². The van der Waals surface area contributed by atoms with Crippen LogP contribution < -0.4 is 5.32 Å². The maximum absolute atomic E-state index is 13.1. The van der Waals surface area contributed by atoms with Crippen LogP contribution in [-0.2, 0) is 27.7 Å². The molecular formula is C25H28N4O4S. The second-order valence-corrected chi connectivity index (χ2v) is 10.7. The summed E-state index contributed by atoms with van der Waals surface area (Å²) in [5, 5.41) is 2.93. The second kappa shape index (κ2) is 9.32. The number of rotatable bonds is 5. The summed E-state index contributed by atoms with van der Waals surface area (Å²) in [6.07, 6.45) is 5.38. The normalized spacial score (nSPS) is 16.7. The Morgan fingerprint density at radius 3 is 2.68 bits per heavy atom. The lowest BCUT2D eigenvalue weighted by molar-refractivity contribution is 0.0730. The van der Waals surface area contributed by atoms with Crippen LogP contribution in [0, 0.1) is 6.92 Å². The highest BCUT2D eigenvalue weighted by molar-refractivity contribution is 7.89. The molecule has 178 valence electrons. The Labute approximate surface area is 199 Å². The molecule has 2 aliphatic heterocycles. The van der Waals surface area contributed by atoms with Crippen molar-refractivity contribution < 1.29 is 17.9 Å². The van der Waals surface area contributed by atoms with E-state index >= 15 is 0 Å². The number of carbonyl (C=O) groups excluding carboxylic acids is 1. The van der Waals surface area contributed by atoms with E-state index < -0.39 is 10.0 Å². The number of nitrogens with zero attached hydrogens (tertiary/aromatic N) is 3. The van der Waals surface area contributed by atoms with E-state index in [1.54, 1.807) is 19.1 Å². The van der Waals surface area contributed by atoms with Crippen LogP contribution in [0.3, 0.4) is 0 Å². The fourth-order valence-electron chi connectivity index (χ4n) is 4.45. The molecule has 0 atom stereocenters. The SMILES string of the molecule is Cc1ccc(S(=O)(=O)N2CCOCC2)cc1C(=O)Nc1cccc(-c2cn3c(n2)CCCC3)c1. The molecule has 3 aromatic rings. The van der Waals surface area contributed by atoms with Crippen molar-refractivity contribution >= 4 is 21.6 Å². The van der Waals surface area contributed by atoms with Crippen molar-refractivity contribution in [2.75, 3.05) is 31.6 Å². The highest BCUT2D eigenvalue weighted by atomic mass is 32.2. The zero-order chi connectivity index (χ0) is 23.7. The fourth-order valence-corrected chi connectivity index (χ4v) is 5.88. The molecule has 1 fully saturated rings. The molecule has 0 aliphatic carbocycles. The number of ether oxygens (including phenoxy) is 1. The number of hydrogen-bond acceptors (Lipinski definition) is 5. The topological polar surface area (TPSA) is 93.5 Å². The van der Waals surface area contributed by atoms with Crippen LogP contribution in [0.2, 0.25) is 0 Å². The quantitative estimate of drug-likeness (QED) is 0.604. The Bertz CT molecular complexity index is 1300. The molecule has 1 N–H and O–H groups in total. The highest BCUT2D eigenvalue weighted by Gasteiger charge is 2.27. The van der Waals surface area contributed by atoms with E-state index in [4.69, 9.17) is 9.72 Å². The third-order valence-electron chi connectivity index (χ3n) is 6.39. The zero-order valence-electron chi connectivity index (χ0n) is 19.2. The molecule has 8 nitrogen and oxygen atoms in total. The minimum Gasteiger partial charge on any atom is -0.379 e. The second-order valence-electron chi connectivity index (χ2n) is 8.72. The summed E-state index contributed by atoms with van der Waals surface area (Å²) < 4.78 is 35.0. The maximum Gasteiger partial charge on any atom is 0.255 e. The molecular weight excluding hydrogens is 452 g/mol. The molecule has 34 heavy (non-hydrogen) atoms. The van der Waals surface area contributed by atoms with Gasteiger partial charge in [-0.25, -0.2) is 13.4 Å². The summed E-state index contributed by atoms with van der Waals surface area (Å²) in [6, 6.07) is 12.3. The van der Waals surface area contributed by atoms with E-state index in [0.29, 0.717) is 43.1 Å². The molecule has 3 heterocycles. The summed E-state index contributed by atoms with van der Waals surface area (Å²) >= 11 is 0. The molecule has 0 bridgehead atoms. The number of benzene rings is 2. The van der Waals surface area contributed by atoms with E-state index in [1.165, 1.54) is 16.8 Å². The Hall–Kier alpha value is -3.01. The van der Waals surface area contributed by atoms with Crippen molar-refractivity contribution in [3.63, 3.8) is 0 Å². The van der Waals surface area contributed by atoms with Gasteiger partial charge in [-0.3, -0.25) is 4.79 Å². The van der Waals surface area contributed by atoms with Crippen LogP contribution in [0.25, 0.3) is 11.3 Å². The average Bonchev–Trinajstić information content (AvgIpc) is 3.29. The van der Waals surface area contributed by atoms with Crippen molar-refractivity contribution in [2.45, 2.75) is 37.6 Å². The Balaban J connectivity index is 1.38. The van der Waals surface area contributed by atoms with Gasteiger partial charge in [-0.15, -0.1) is 0 Å². The molecule has 5 rings (SSSR count). The predicted molar refractivity (Wildman–Crippen MR) is 129 cm³/mol. The van der Waals surface area contributed by atoms with Gasteiger partial charge < -0.3 is 14.6 Å². The summed E-state index contributed by atoms with van der Waals surface area (Å²) in [4.78, 5) is 18.0. The lowest BCUT2D eigenvalue weighted by Crippen LogP contribution is -2.40. The van der Waals surface area contributed by atoms with Crippen molar-refractivity contribution in [3.8, 4) is 11.3 Å². The largest absolute Gasteiger partial charge is 0.379 e. The number of morpholine rings is 1. The first kappa shape index (κ1) is 22.8. The van der Waals surface area contributed by atoms with E-state index in [0.717, 1.165) is 36.5 Å². The van der Waals surface area contributed by atoms with Gasteiger partial charge in [0.1, 0.15) is 5.82 Å². The average molecular weight is 481 g/mol. The number of sulfonamides is 1. The van der Waals surface area contributed by atoms with E-state index in [1.807, 2.05) is 24.3 Å². The van der Waals surface area contributed by atoms with Crippen LogP contribution in [0.1, 0.15) is 34.6 Å². The number of carbonyl (C=O) groups is 1. The predicted octanol–water partition coefficient (Wildman–Crippen LogP) is 3.47. The van der Waals surface area contributed by atoms with Gasteiger partial charge in [0.15, 0.2) is 0 Å². The third-order valence-corrected chi connectivity index (χ3v) is 8.28. The summed E-state index contributed by atoms with van der Waals surface area (Å²) in [5.41, 5.74) is 3.49. The number of amides is 1. The number of anilines is 1. The van der Waals surface area contributed by atoms with Crippen molar-refractivity contribution in [2.24, 2.45) is 0 Å². The number of nitrogens with one attached hydrogen (secondary N) is 1. The monoisotopic (exact) mass is 480 g/mol. The first-order valence-electron chi connectivity index (χ1n) is 11.6. The van der Waals surface area contributed by atoms with Gasteiger partial charge in [-0.2, -0.15) is 4.31 Å². The Morgan fingerprint density at radius 2 is 1.88 bits per heavy atom. The minimum atomic E-state index is -3.69. The van der Waals surface area contributed by atoms with E-state index in [2.05, 4.69) is 16.1 Å². The zero-order valence-corrected chi connectivity index (χ0v) is 20.0. The maximum atomic E-state index is 13.1. The number of fused-ring (bicyclic) bond motifs is 1. The van der Waals surface area contributed by atoms with Gasteiger partial charge >= 0.3 is 0 Å². The molecule has 1 aromatic heterocycles. The van der Waals surface area contributed by atoms with Gasteiger partial charge in [0, 0.05) is 49.1 Å². The molecule has 1 amide bonds. The van der Waals surface area contributed by atoms with Crippen LogP contribution in [0.15, 0.2) is 53.6 Å². The smallest absolute Gasteiger partial charge is 0.255 e. The molecule has 0 radical (unpaired) electrons. The number of imidazole rings is 1. The number of hydrogen-bond donors (Lipinski definition) is 1. The third kappa shape index (κ3) is 4.51. The molecule has 0 unspecified atom stereocenters. The lowest BCUT2D eigenvalue weighted by atomic mass is 10.1. The minimum absolute atomic E-state index is 0.113. The highest BCUT2D eigenvalue weighted by Crippen LogP contribution is 2.26. The Kier molecular flexibility index (Phi) is 6.24. The molecule has 2 aromatic carbocycles. The summed E-state index contributed by atoms with van der Waals surface area (Å²) in [7, 11) is -3.69. The first-order valence-corrected chi connectivity index (χ1v) is 13.0. The van der Waals surface area contributed by atoms with Crippen molar-refractivity contribution in [1.82, 2.24) is 13.9 Å². The molecule has 9 heteroatoms. The standard InChI is InChI=1S/C25H28N4O4S/c1-18-8-9-21(34(31,32)29-11-13-33-14-12-29)16-22(18)25(30)26-20-6-4-5-19(15-20)23-17-28-10-3-2-7-24(28)27-23/h4-6,8-9,15-17H,2-3,7,10-14H2,1H3,(H,26,30). The van der Waals surface area contributed by atoms with Gasteiger partial charge in [0.25, 0.3) is 5.91 Å². The van der Waals surface area contributed by atoms with Crippen LogP contribution in [0.5, 0.6) is 0 Å². The molecule has 0 saturated carbocycles. The van der Waals surface area contributed by atoms with Crippen molar-refractivity contribution in [1.29, 1.82) is 0 Å². The van der Waals surface area contributed by atoms with Crippen LogP contribution in [-0.4, -0.2) is 54.5 Å². The van der Waals surface area contributed by atoms with Gasteiger partial charge in [-0.05, 0) is 49.6 Å². The van der Waals surface area contributed by atoms with Crippen LogP contribution >= 0.6 is 0 Å². The summed E-state index contributed by atoms with van der Waals surface area (Å²) in [6.45, 7) is 4.14. The summed E-state index contributed by atoms with van der Waals surface area (Å²) in [5.74, 6) is 0.752. The molecule has 2 aliphatic rings. The van der Waals surface area contributed by atoms with Gasteiger partial charge in [0.2, 0.25) is 10.0 Å². The molecule has 0 spiro atoms. The van der Waals surface area contributed by atoms with Gasteiger partial charge in [0.05, 0.1) is 23.8 Å². The number of aryl methyl sites for hydroxylation is 3. The van der Waals surface area contributed by atoms with Gasteiger partial charge in [-0.1, -0.05) is 18.2 Å². The van der Waals surface area contributed by atoms with Crippen molar-refractivity contribution in [3.05, 3.63) is 65.6 Å². The van der Waals surface area contributed by atoms with Crippen LogP contribution in [0.4, 0.5) is 5.69 Å². The fraction of sp³-hybridized carbons (Fsp3) is 0.360.